The fourth-order valence-electron chi connectivity index (χ4n) is 2.88. The second-order valence-electron chi connectivity index (χ2n) is 6.49. The number of hydrogen-bond acceptors (Lipinski definition) is 2. The summed E-state index contributed by atoms with van der Waals surface area (Å²) < 4.78 is 0. The van der Waals surface area contributed by atoms with Crippen LogP contribution in [-0.2, 0) is 6.54 Å². The summed E-state index contributed by atoms with van der Waals surface area (Å²) in [6.45, 7) is 5.64. The van der Waals surface area contributed by atoms with Crippen LogP contribution in [0.5, 0.6) is 0 Å². The smallest absolute Gasteiger partial charge is 0.0991 e. The number of benzene rings is 1. The van der Waals surface area contributed by atoms with Crippen molar-refractivity contribution in [3.05, 3.63) is 35.4 Å². The molecule has 1 saturated carbocycles. The third-order valence-corrected chi connectivity index (χ3v) is 4.23. The lowest BCUT2D eigenvalue weighted by Gasteiger charge is -2.22. The summed E-state index contributed by atoms with van der Waals surface area (Å²) in [6.07, 6.45) is 6.52. The average Bonchev–Trinajstić information content (AvgIpc) is 2.58. The minimum absolute atomic E-state index is 0.511. The van der Waals surface area contributed by atoms with Gasteiger partial charge in [0.2, 0.25) is 0 Å². The van der Waals surface area contributed by atoms with Crippen molar-refractivity contribution in [2.75, 3.05) is 0 Å². The number of nitrogens with one attached hydrogen (secondary N) is 1. The quantitative estimate of drug-likeness (QED) is 0.829. The van der Waals surface area contributed by atoms with E-state index in [1.54, 1.807) is 0 Å². The van der Waals surface area contributed by atoms with Crippen molar-refractivity contribution >= 4 is 0 Å². The van der Waals surface area contributed by atoms with Crippen LogP contribution < -0.4 is 5.32 Å². The first-order chi connectivity index (χ1) is 9.09. The van der Waals surface area contributed by atoms with E-state index in [9.17, 15) is 0 Å². The molecule has 2 heteroatoms. The molecule has 1 aliphatic rings. The van der Waals surface area contributed by atoms with Gasteiger partial charge in [-0.2, -0.15) is 5.26 Å². The van der Waals surface area contributed by atoms with Crippen molar-refractivity contribution in [3.8, 4) is 6.07 Å². The normalized spacial score (nSPS) is 22.5. The molecule has 0 amide bonds. The van der Waals surface area contributed by atoms with Crippen molar-refractivity contribution in [2.45, 2.75) is 58.5 Å². The van der Waals surface area contributed by atoms with Gasteiger partial charge in [-0.3, -0.25) is 0 Å². The molecule has 0 bridgehead atoms. The molecule has 2 rings (SSSR count). The average molecular weight is 256 g/mol. The molecule has 19 heavy (non-hydrogen) atoms. The molecular formula is C17H24N2. The van der Waals surface area contributed by atoms with Gasteiger partial charge in [-0.15, -0.1) is 0 Å². The van der Waals surface area contributed by atoms with E-state index in [0.29, 0.717) is 11.5 Å². The molecule has 0 heterocycles. The van der Waals surface area contributed by atoms with Crippen LogP contribution in [0.25, 0.3) is 0 Å². The zero-order valence-electron chi connectivity index (χ0n) is 12.1. The van der Waals surface area contributed by atoms with Gasteiger partial charge < -0.3 is 5.32 Å². The molecule has 1 atom stereocenters. The van der Waals surface area contributed by atoms with E-state index in [1.807, 2.05) is 18.2 Å². The van der Waals surface area contributed by atoms with E-state index in [4.69, 9.17) is 5.26 Å². The number of rotatable bonds is 3. The van der Waals surface area contributed by atoms with Crippen LogP contribution in [0.4, 0.5) is 0 Å². The zero-order chi connectivity index (χ0) is 13.7. The number of nitrogens with zero attached hydrogens (tertiary/aromatic N) is 1. The Bertz CT molecular complexity index is 457. The van der Waals surface area contributed by atoms with E-state index in [1.165, 1.54) is 37.7 Å². The number of nitriles is 1. The van der Waals surface area contributed by atoms with E-state index in [-0.39, 0.29) is 0 Å². The minimum Gasteiger partial charge on any atom is -0.310 e. The third-order valence-electron chi connectivity index (χ3n) is 4.23. The van der Waals surface area contributed by atoms with Crippen LogP contribution in [-0.4, -0.2) is 6.04 Å². The Hall–Kier alpha value is -1.33. The fraction of sp³-hybridized carbons (Fsp3) is 0.588. The maximum atomic E-state index is 8.90. The highest BCUT2D eigenvalue weighted by atomic mass is 14.9. The van der Waals surface area contributed by atoms with Gasteiger partial charge in [-0.1, -0.05) is 32.4 Å². The van der Waals surface area contributed by atoms with Crippen LogP contribution in [0.15, 0.2) is 24.3 Å². The number of hydrogen-bond donors (Lipinski definition) is 1. The van der Waals surface area contributed by atoms with Gasteiger partial charge >= 0.3 is 0 Å². The van der Waals surface area contributed by atoms with E-state index >= 15 is 0 Å². The predicted molar refractivity (Wildman–Crippen MR) is 78.7 cm³/mol. The SMILES string of the molecule is CC1(C)CCCC(NCc2cccc(C#N)c2)CC1. The summed E-state index contributed by atoms with van der Waals surface area (Å²) >= 11 is 0. The molecule has 1 aliphatic carbocycles. The van der Waals surface area contributed by atoms with Crippen molar-refractivity contribution in [2.24, 2.45) is 5.41 Å². The summed E-state index contributed by atoms with van der Waals surface area (Å²) in [5, 5.41) is 12.6. The van der Waals surface area contributed by atoms with Crippen LogP contribution in [0.1, 0.15) is 57.1 Å². The molecule has 102 valence electrons. The van der Waals surface area contributed by atoms with Gasteiger partial charge in [-0.05, 0) is 48.8 Å². The maximum absolute atomic E-state index is 8.90. The topological polar surface area (TPSA) is 35.8 Å². The molecule has 1 aromatic rings. The Morgan fingerprint density at radius 3 is 2.95 bits per heavy atom. The third kappa shape index (κ3) is 4.36. The molecule has 1 N–H and O–H groups in total. The molecule has 1 unspecified atom stereocenters. The second-order valence-corrected chi connectivity index (χ2v) is 6.49. The molecule has 0 aliphatic heterocycles. The zero-order valence-corrected chi connectivity index (χ0v) is 12.1. The molecule has 0 saturated heterocycles. The summed E-state index contributed by atoms with van der Waals surface area (Å²) in [7, 11) is 0. The van der Waals surface area contributed by atoms with Crippen molar-refractivity contribution in [1.82, 2.24) is 5.32 Å². The van der Waals surface area contributed by atoms with Crippen LogP contribution in [0.2, 0.25) is 0 Å². The predicted octanol–water partition coefficient (Wildman–Crippen LogP) is 4.01. The Labute approximate surface area is 116 Å². The van der Waals surface area contributed by atoms with E-state index in [0.717, 1.165) is 12.1 Å². The van der Waals surface area contributed by atoms with Crippen molar-refractivity contribution < 1.29 is 0 Å². The Morgan fingerprint density at radius 2 is 2.16 bits per heavy atom. The van der Waals surface area contributed by atoms with Gasteiger partial charge in [0, 0.05) is 12.6 Å². The van der Waals surface area contributed by atoms with Gasteiger partial charge in [-0.25, -0.2) is 0 Å². The standard InChI is InChI=1S/C17H24N2/c1-17(2)9-4-7-16(8-10-17)19-13-15-6-3-5-14(11-15)12-18/h3,5-6,11,16,19H,4,7-10,13H2,1-2H3. The second kappa shape index (κ2) is 6.21. The Balaban J connectivity index is 1.86. The van der Waals surface area contributed by atoms with Crippen molar-refractivity contribution in [3.63, 3.8) is 0 Å². The van der Waals surface area contributed by atoms with Crippen LogP contribution in [0, 0.1) is 16.7 Å². The highest BCUT2D eigenvalue weighted by Gasteiger charge is 2.23. The Morgan fingerprint density at radius 1 is 1.32 bits per heavy atom. The van der Waals surface area contributed by atoms with E-state index in [2.05, 4.69) is 31.3 Å². The molecule has 0 aromatic heterocycles. The van der Waals surface area contributed by atoms with Gasteiger partial charge in [0.15, 0.2) is 0 Å². The van der Waals surface area contributed by atoms with Crippen molar-refractivity contribution in [1.29, 1.82) is 5.26 Å². The molecule has 0 spiro atoms. The van der Waals surface area contributed by atoms with Crippen LogP contribution in [0.3, 0.4) is 0 Å². The lowest BCUT2D eigenvalue weighted by atomic mass is 9.85. The monoisotopic (exact) mass is 256 g/mol. The lowest BCUT2D eigenvalue weighted by molar-refractivity contribution is 0.309. The molecular weight excluding hydrogens is 232 g/mol. The van der Waals surface area contributed by atoms with Gasteiger partial charge in [0.25, 0.3) is 0 Å². The van der Waals surface area contributed by atoms with Gasteiger partial charge in [0.05, 0.1) is 11.6 Å². The summed E-state index contributed by atoms with van der Waals surface area (Å²) in [4.78, 5) is 0. The largest absolute Gasteiger partial charge is 0.310 e. The van der Waals surface area contributed by atoms with E-state index < -0.39 is 0 Å². The first-order valence-electron chi connectivity index (χ1n) is 7.31. The summed E-state index contributed by atoms with van der Waals surface area (Å²) in [5.41, 5.74) is 2.47. The first-order valence-corrected chi connectivity index (χ1v) is 7.31. The molecule has 1 fully saturated rings. The fourth-order valence-corrected chi connectivity index (χ4v) is 2.88. The summed E-state index contributed by atoms with van der Waals surface area (Å²) in [5.74, 6) is 0. The maximum Gasteiger partial charge on any atom is 0.0991 e. The summed E-state index contributed by atoms with van der Waals surface area (Å²) in [6, 6.07) is 10.7. The minimum atomic E-state index is 0.511. The first kappa shape index (κ1) is 14.1. The highest BCUT2D eigenvalue weighted by molar-refractivity contribution is 5.32. The Kier molecular flexibility index (Phi) is 4.61. The molecule has 0 radical (unpaired) electrons. The highest BCUT2D eigenvalue weighted by Crippen LogP contribution is 2.33. The molecule has 1 aromatic carbocycles. The molecule has 2 nitrogen and oxygen atoms in total. The lowest BCUT2D eigenvalue weighted by Crippen LogP contribution is -2.28. The van der Waals surface area contributed by atoms with Crippen LogP contribution >= 0.6 is 0 Å². The van der Waals surface area contributed by atoms with Gasteiger partial charge in [0.1, 0.15) is 0 Å².